The molecule has 1 nitrogen and oxygen atoms in total. The van der Waals surface area contributed by atoms with Crippen LogP contribution in [0.25, 0.3) is 0 Å². The van der Waals surface area contributed by atoms with Crippen LogP contribution in [0, 0.1) is 12.5 Å². The third-order valence-electron chi connectivity index (χ3n) is 3.12. The first-order valence-electron chi connectivity index (χ1n) is 4.11. The van der Waals surface area contributed by atoms with Crippen LogP contribution in [0.15, 0.2) is 0 Å². The molecule has 1 fully saturated rings. The normalized spacial score (nSPS) is 31.1. The van der Waals surface area contributed by atoms with Crippen LogP contribution in [0.3, 0.4) is 0 Å². The summed E-state index contributed by atoms with van der Waals surface area (Å²) in [4.78, 5) is 2.35. The Morgan fingerprint density at radius 1 is 1.45 bits per heavy atom. The molecule has 0 spiro atoms. The van der Waals surface area contributed by atoms with Gasteiger partial charge in [-0.3, -0.25) is 6.54 Å². The van der Waals surface area contributed by atoms with E-state index < -0.39 is 0 Å². The Morgan fingerprint density at radius 2 is 2.00 bits per heavy atom. The molecule has 1 saturated heterocycles. The molecule has 0 aliphatic carbocycles. The number of rotatable bonds is 0. The monoisotopic (exact) mass is 204 g/mol. The smallest absolute Gasteiger partial charge is 0 e. The molecule has 0 saturated carbocycles. The Labute approximate surface area is 83.3 Å². The number of hydrogen-bond donors (Lipinski definition) is 0. The van der Waals surface area contributed by atoms with Gasteiger partial charge in [0.2, 0.25) is 0 Å². The van der Waals surface area contributed by atoms with Crippen molar-refractivity contribution in [1.29, 1.82) is 0 Å². The fraction of sp³-hybridized carbons (Fsp3) is 0.889. The Bertz CT molecular complexity index is 111. The molecule has 62 valence electrons. The van der Waals surface area contributed by atoms with Crippen LogP contribution < -0.4 is 0 Å². The van der Waals surface area contributed by atoms with Crippen LogP contribution >= 0.6 is 0 Å². The van der Waals surface area contributed by atoms with Crippen molar-refractivity contribution in [3.8, 4) is 0 Å². The maximum Gasteiger partial charge on any atom is 0 e. The molecule has 1 aliphatic rings. The molecule has 1 atom stereocenters. The Hall–Kier alpha value is 0.583. The average molecular weight is 206 g/mol. The van der Waals surface area contributed by atoms with Crippen molar-refractivity contribution < 1.29 is 19.5 Å². The summed E-state index contributed by atoms with van der Waals surface area (Å²) in [5.74, 6) is 0.822. The Kier molecular flexibility index (Phi) is 4.21. The van der Waals surface area contributed by atoms with Crippen LogP contribution in [-0.2, 0) is 19.5 Å². The minimum atomic E-state index is 0. The van der Waals surface area contributed by atoms with Crippen LogP contribution in [0.2, 0.25) is 0 Å². The number of likely N-dealkylation sites (tertiary alicyclic amines) is 1. The van der Waals surface area contributed by atoms with Gasteiger partial charge in [0.25, 0.3) is 0 Å². The van der Waals surface area contributed by atoms with E-state index in [0.717, 1.165) is 5.92 Å². The molecule has 1 unspecified atom stereocenters. The molecule has 1 rings (SSSR count). The maximum atomic E-state index is 2.35. The summed E-state index contributed by atoms with van der Waals surface area (Å²) in [6.45, 7) is 9.27. The number of piperidine rings is 1. The second kappa shape index (κ2) is 4.00. The van der Waals surface area contributed by atoms with Gasteiger partial charge in [0.05, 0.1) is 0 Å². The zero-order valence-electron chi connectivity index (χ0n) is 8.22. The van der Waals surface area contributed by atoms with Crippen molar-refractivity contribution >= 4 is 0 Å². The van der Waals surface area contributed by atoms with Gasteiger partial charge in [-0.15, -0.1) is 0 Å². The van der Waals surface area contributed by atoms with Crippen molar-refractivity contribution in [3.05, 3.63) is 6.54 Å². The van der Waals surface area contributed by atoms with Crippen molar-refractivity contribution in [2.45, 2.75) is 39.2 Å². The summed E-state index contributed by atoms with van der Waals surface area (Å²) in [7, 11) is 2.18. The van der Waals surface area contributed by atoms with Gasteiger partial charge >= 0.3 is 0 Å². The minimum absolute atomic E-state index is 0. The second-order valence-electron chi connectivity index (χ2n) is 3.93. The second-order valence-corrected chi connectivity index (χ2v) is 3.93. The minimum Gasteiger partial charge on any atom is -0.454 e. The van der Waals surface area contributed by atoms with Gasteiger partial charge < -0.3 is 4.90 Å². The first kappa shape index (κ1) is 11.6. The van der Waals surface area contributed by atoms with E-state index in [0.29, 0.717) is 5.54 Å². The molecule has 0 aromatic rings. The van der Waals surface area contributed by atoms with Gasteiger partial charge in [-0.1, -0.05) is 13.3 Å². The molecule has 2 heteroatoms. The van der Waals surface area contributed by atoms with Gasteiger partial charge in [0, 0.05) is 19.5 Å². The van der Waals surface area contributed by atoms with Gasteiger partial charge in [-0.25, -0.2) is 0 Å². The first-order chi connectivity index (χ1) is 4.55. The summed E-state index contributed by atoms with van der Waals surface area (Å²) in [5.41, 5.74) is 0.373. The molecule has 0 bridgehead atoms. The van der Waals surface area contributed by atoms with Gasteiger partial charge in [-0.2, -0.15) is 6.42 Å². The first-order valence-corrected chi connectivity index (χ1v) is 4.11. The van der Waals surface area contributed by atoms with E-state index >= 15 is 0 Å². The van der Waals surface area contributed by atoms with E-state index in [9.17, 15) is 0 Å². The Balaban J connectivity index is 0.000001000. The summed E-state index contributed by atoms with van der Waals surface area (Å²) in [5, 5.41) is 0. The van der Waals surface area contributed by atoms with E-state index in [1.54, 1.807) is 0 Å². The summed E-state index contributed by atoms with van der Waals surface area (Å²) < 4.78 is 0. The van der Waals surface area contributed by atoms with Crippen LogP contribution in [0.5, 0.6) is 0 Å². The molecule has 1 heterocycles. The maximum absolute atomic E-state index is 2.35. The van der Waals surface area contributed by atoms with Crippen LogP contribution in [-0.4, -0.2) is 17.5 Å². The Morgan fingerprint density at radius 3 is 2.36 bits per heavy atom. The molecule has 0 aromatic carbocycles. The molecule has 11 heavy (non-hydrogen) atoms. The van der Waals surface area contributed by atoms with Gasteiger partial charge in [0.1, 0.15) is 0 Å². The summed E-state index contributed by atoms with van der Waals surface area (Å²) >= 11 is 0. The van der Waals surface area contributed by atoms with Crippen LogP contribution in [0.1, 0.15) is 33.6 Å². The van der Waals surface area contributed by atoms with Crippen LogP contribution in [0.4, 0.5) is 0 Å². The molecule has 0 radical (unpaired) electrons. The zero-order chi connectivity index (χ0) is 7.78. The fourth-order valence-corrected chi connectivity index (χ4v) is 1.45. The quantitative estimate of drug-likeness (QED) is 0.433. The van der Waals surface area contributed by atoms with Gasteiger partial charge in [-0.05, 0) is 32.4 Å². The number of nitrogens with zero attached hydrogens (tertiary/aromatic N) is 1. The zero-order valence-corrected chi connectivity index (χ0v) is 11.2. The molecular weight excluding hydrogens is 187 g/mol. The molecule has 0 amide bonds. The fourth-order valence-electron chi connectivity index (χ4n) is 1.45. The third kappa shape index (κ3) is 2.26. The van der Waals surface area contributed by atoms with E-state index in [2.05, 4.69) is 39.3 Å². The van der Waals surface area contributed by atoms with E-state index in [4.69, 9.17) is 0 Å². The van der Waals surface area contributed by atoms with Crippen molar-refractivity contribution in [2.24, 2.45) is 5.92 Å². The molecule has 0 N–H and O–H groups in total. The van der Waals surface area contributed by atoms with Crippen molar-refractivity contribution in [1.82, 2.24) is 4.90 Å². The van der Waals surface area contributed by atoms with Gasteiger partial charge in [0.15, 0.2) is 0 Å². The molecule has 0 aromatic heterocycles. The average Bonchev–Trinajstić information content (AvgIpc) is 1.84. The topological polar surface area (TPSA) is 3.24 Å². The summed E-state index contributed by atoms with van der Waals surface area (Å²) in [6.07, 6.45) is 2.60. The third-order valence-corrected chi connectivity index (χ3v) is 3.12. The van der Waals surface area contributed by atoms with E-state index in [1.807, 2.05) is 0 Å². The van der Waals surface area contributed by atoms with E-state index in [-0.39, 0.29) is 19.5 Å². The predicted molar refractivity (Wildman–Crippen MR) is 44.5 cm³/mol. The molecule has 1 aliphatic heterocycles. The van der Waals surface area contributed by atoms with Crippen molar-refractivity contribution in [2.75, 3.05) is 7.05 Å². The standard InChI is InChI=1S/C9H18N.Zn/c1-8-6-5-7-10(4)9(8,2)3;/h7-8H,5-6H2,1-4H3;/q-1;. The predicted octanol–water partition coefficient (Wildman–Crippen LogP) is 2.29. The molecular formula is C9H18NZn-. The van der Waals surface area contributed by atoms with Crippen molar-refractivity contribution in [3.63, 3.8) is 0 Å². The SMILES string of the molecule is CC1CC[CH-]N(C)C1(C)C.[Zn]. The largest absolute Gasteiger partial charge is 0.454 e. The number of hydrogen-bond acceptors (Lipinski definition) is 1. The summed E-state index contributed by atoms with van der Waals surface area (Å²) in [6, 6.07) is 0. The van der Waals surface area contributed by atoms with E-state index in [1.165, 1.54) is 12.8 Å².